The van der Waals surface area contributed by atoms with Crippen LogP contribution in [0.4, 0.5) is 62.8 Å². The first-order valence-corrected chi connectivity index (χ1v) is 7.88. The molecule has 1 N–H and O–H groups in total. The number of rotatable bonds is 6. The fraction of sp³-hybridized carbons (Fsp3) is 0.533. The van der Waals surface area contributed by atoms with Crippen LogP contribution in [0, 0.1) is 0 Å². The number of amides is 1. The average Bonchev–Trinajstić information content (AvgIpc) is 2.66. The minimum absolute atomic E-state index is 0.0214. The van der Waals surface area contributed by atoms with E-state index in [2.05, 4.69) is 0 Å². The molecule has 0 aromatic heterocycles. The number of carbonyl (C=O) groups excluding carboxylic acids is 1. The van der Waals surface area contributed by atoms with Gasteiger partial charge in [0, 0.05) is 11.8 Å². The van der Waals surface area contributed by atoms with E-state index in [9.17, 15) is 61.9 Å². The molecule has 0 fully saturated rings. The number of halogens is 13. The van der Waals surface area contributed by atoms with Gasteiger partial charge in [0.1, 0.15) is 13.2 Å². The Morgan fingerprint density at radius 1 is 0.688 bits per heavy atom. The maximum Gasteiger partial charge on any atom is 0.460 e. The zero-order chi connectivity index (χ0) is 25.0. The van der Waals surface area contributed by atoms with E-state index in [1.807, 2.05) is 0 Å². The van der Waals surface area contributed by atoms with Crippen LogP contribution in [-0.4, -0.2) is 54.9 Å². The fourth-order valence-corrected chi connectivity index (χ4v) is 2.24. The molecule has 4 nitrogen and oxygen atoms in total. The first-order chi connectivity index (χ1) is 14.2. The topological polar surface area (TPSA) is 47.6 Å². The van der Waals surface area contributed by atoms with E-state index < -0.39 is 47.4 Å². The van der Waals surface area contributed by atoms with Crippen molar-refractivity contribution in [1.29, 1.82) is 0 Å². The predicted molar refractivity (Wildman–Crippen MR) is 76.9 cm³/mol. The van der Waals surface area contributed by atoms with Crippen molar-refractivity contribution >= 4 is 11.6 Å². The van der Waals surface area contributed by atoms with Gasteiger partial charge in [0.2, 0.25) is 0 Å². The largest absolute Gasteiger partial charge is 0.486 e. The summed E-state index contributed by atoms with van der Waals surface area (Å²) in [6.45, 7) is -0.0534. The molecule has 182 valence electrons. The summed E-state index contributed by atoms with van der Waals surface area (Å²) in [4.78, 5) is 11.5. The third kappa shape index (κ3) is 3.64. The van der Waals surface area contributed by atoms with Crippen LogP contribution in [-0.2, 0) is 4.79 Å². The second kappa shape index (κ2) is 7.47. The number of ether oxygens (including phenoxy) is 2. The molecule has 0 aliphatic carbocycles. The van der Waals surface area contributed by atoms with Crippen molar-refractivity contribution in [3.8, 4) is 11.5 Å². The van der Waals surface area contributed by atoms with Crippen LogP contribution < -0.4 is 14.8 Å². The minimum atomic E-state index is -8.08. The monoisotopic (exact) mass is 497 g/mol. The fourth-order valence-electron chi connectivity index (χ4n) is 2.24. The highest BCUT2D eigenvalue weighted by Gasteiger charge is 2.91. The highest BCUT2D eigenvalue weighted by molar-refractivity contribution is 5.97. The first kappa shape index (κ1) is 25.6. The van der Waals surface area contributed by atoms with Gasteiger partial charge in [-0.25, -0.2) is 0 Å². The summed E-state index contributed by atoms with van der Waals surface area (Å²) in [5.41, 5.74) is -0.842. The second-order valence-corrected chi connectivity index (χ2v) is 6.18. The Kier molecular flexibility index (Phi) is 5.98. The Bertz CT molecular complexity index is 882. The zero-order valence-corrected chi connectivity index (χ0v) is 14.8. The van der Waals surface area contributed by atoms with Crippen molar-refractivity contribution in [2.45, 2.75) is 35.8 Å². The molecule has 0 saturated carbocycles. The van der Waals surface area contributed by atoms with E-state index in [1.54, 1.807) is 0 Å². The van der Waals surface area contributed by atoms with Gasteiger partial charge in [-0.3, -0.25) is 4.79 Å². The van der Waals surface area contributed by atoms with Crippen molar-refractivity contribution in [2.24, 2.45) is 0 Å². The number of hydrogen-bond acceptors (Lipinski definition) is 3. The number of hydrogen-bond donors (Lipinski definition) is 1. The van der Waals surface area contributed by atoms with Gasteiger partial charge >= 0.3 is 41.7 Å². The van der Waals surface area contributed by atoms with Crippen molar-refractivity contribution in [1.82, 2.24) is 0 Å². The molecule has 1 aliphatic heterocycles. The molecule has 17 heteroatoms. The lowest BCUT2D eigenvalue weighted by atomic mass is 9.93. The number of benzene rings is 1. The number of alkyl halides is 13. The Morgan fingerprint density at radius 2 is 1.16 bits per heavy atom. The molecule has 0 atom stereocenters. The SMILES string of the molecule is O=C(Nc1ccc2c(c1)OCCO2)C(F)(F)C(F)(F)C(F)(F)C(F)(F)C(F)(F)C(F)(F)F. The zero-order valence-electron chi connectivity index (χ0n) is 14.8. The lowest BCUT2D eigenvalue weighted by Crippen LogP contribution is -2.71. The van der Waals surface area contributed by atoms with Gasteiger partial charge in [0.05, 0.1) is 0 Å². The molecular formula is C15H8F13NO3. The van der Waals surface area contributed by atoms with E-state index in [0.717, 1.165) is 11.4 Å². The van der Waals surface area contributed by atoms with E-state index in [-0.39, 0.29) is 24.7 Å². The van der Waals surface area contributed by atoms with E-state index in [4.69, 9.17) is 9.47 Å². The molecule has 1 aromatic carbocycles. The highest BCUT2D eigenvalue weighted by atomic mass is 19.4. The Hall–Kier alpha value is -2.62. The van der Waals surface area contributed by atoms with Gasteiger partial charge in [-0.2, -0.15) is 57.1 Å². The van der Waals surface area contributed by atoms with Crippen LogP contribution >= 0.6 is 0 Å². The summed E-state index contributed by atoms with van der Waals surface area (Å²) >= 11 is 0. The van der Waals surface area contributed by atoms with Crippen LogP contribution in [0.15, 0.2) is 18.2 Å². The van der Waals surface area contributed by atoms with Gasteiger partial charge in [0.25, 0.3) is 0 Å². The van der Waals surface area contributed by atoms with Crippen molar-refractivity contribution in [3.63, 3.8) is 0 Å². The standard InChI is InChI=1S/C15H8F13NO3/c16-10(17,9(30)29-6-1-2-7-8(5-6)32-4-3-31-7)11(18,19)12(20,21)13(22,23)14(24,25)15(26,27)28/h1-2,5H,3-4H2,(H,29,30). The molecule has 0 spiro atoms. The van der Waals surface area contributed by atoms with Gasteiger partial charge in [-0.15, -0.1) is 0 Å². The molecule has 0 radical (unpaired) electrons. The van der Waals surface area contributed by atoms with Crippen molar-refractivity contribution < 1.29 is 71.3 Å². The minimum Gasteiger partial charge on any atom is -0.486 e. The smallest absolute Gasteiger partial charge is 0.460 e. The van der Waals surface area contributed by atoms with E-state index in [1.165, 1.54) is 0 Å². The van der Waals surface area contributed by atoms with E-state index >= 15 is 0 Å². The van der Waals surface area contributed by atoms with Crippen LogP contribution in [0.5, 0.6) is 11.5 Å². The van der Waals surface area contributed by atoms with Crippen LogP contribution in [0.1, 0.15) is 0 Å². The summed E-state index contributed by atoms with van der Waals surface area (Å²) in [7, 11) is 0. The molecular weight excluding hydrogens is 489 g/mol. The molecule has 2 rings (SSSR count). The second-order valence-electron chi connectivity index (χ2n) is 6.18. The summed E-state index contributed by atoms with van der Waals surface area (Å²) < 4.78 is 180. The highest BCUT2D eigenvalue weighted by Crippen LogP contribution is 2.60. The molecule has 0 unspecified atom stereocenters. The van der Waals surface area contributed by atoms with Gasteiger partial charge in [0.15, 0.2) is 11.5 Å². The molecule has 1 aromatic rings. The normalized spacial score (nSPS) is 16.0. The van der Waals surface area contributed by atoms with Crippen LogP contribution in [0.25, 0.3) is 0 Å². The summed E-state index contributed by atoms with van der Waals surface area (Å²) in [6.07, 6.45) is -7.53. The maximum absolute atomic E-state index is 13.8. The lowest BCUT2D eigenvalue weighted by Gasteiger charge is -2.39. The quantitative estimate of drug-likeness (QED) is 0.555. The van der Waals surface area contributed by atoms with Crippen molar-refractivity contribution in [3.05, 3.63) is 18.2 Å². The number of anilines is 1. The van der Waals surface area contributed by atoms with Crippen LogP contribution in [0.2, 0.25) is 0 Å². The average molecular weight is 497 g/mol. The number of nitrogens with one attached hydrogen (secondary N) is 1. The van der Waals surface area contributed by atoms with E-state index in [0.29, 0.717) is 12.1 Å². The molecule has 0 bridgehead atoms. The molecule has 1 aliphatic rings. The molecule has 1 heterocycles. The molecule has 1 amide bonds. The number of carbonyl (C=O) groups is 1. The lowest BCUT2D eigenvalue weighted by molar-refractivity contribution is -0.435. The van der Waals surface area contributed by atoms with Crippen LogP contribution in [0.3, 0.4) is 0 Å². The maximum atomic E-state index is 13.8. The molecule has 0 saturated heterocycles. The summed E-state index contributed by atoms with van der Waals surface area (Å²) in [5, 5.41) is 0.939. The first-order valence-electron chi connectivity index (χ1n) is 7.88. The van der Waals surface area contributed by atoms with Crippen molar-refractivity contribution in [2.75, 3.05) is 18.5 Å². The Balaban J connectivity index is 2.39. The summed E-state index contributed by atoms with van der Waals surface area (Å²) in [5.74, 6) is -42.3. The molecule has 32 heavy (non-hydrogen) atoms. The van der Waals surface area contributed by atoms with Gasteiger partial charge in [-0.1, -0.05) is 0 Å². The third-order valence-corrected chi connectivity index (χ3v) is 4.02. The third-order valence-electron chi connectivity index (χ3n) is 4.02. The van der Waals surface area contributed by atoms with Gasteiger partial charge in [-0.05, 0) is 12.1 Å². The predicted octanol–water partition coefficient (Wildman–Crippen LogP) is 5.14. The Labute approximate surface area is 168 Å². The number of fused-ring (bicyclic) bond motifs is 1. The van der Waals surface area contributed by atoms with Gasteiger partial charge < -0.3 is 14.8 Å². The summed E-state index contributed by atoms with van der Waals surface area (Å²) in [6, 6.07) is 2.31. The Morgan fingerprint density at radius 3 is 1.66 bits per heavy atom.